The van der Waals surface area contributed by atoms with E-state index in [9.17, 15) is 30.3 Å². The van der Waals surface area contributed by atoms with Crippen LogP contribution in [0.2, 0.25) is 10.0 Å². The largest absolute Gasteiger partial charge is 0.506 e. The van der Waals surface area contributed by atoms with Gasteiger partial charge in [0.25, 0.3) is 0 Å². The molecule has 15 rings (SSSR count). The second-order valence-electron chi connectivity index (χ2n) is 25.3. The topological polar surface area (TPSA) is 281 Å². The van der Waals surface area contributed by atoms with E-state index in [2.05, 4.69) is 57.9 Å². The second kappa shape index (κ2) is 32.7. The Hall–Kier alpha value is -11.8. The zero-order valence-electron chi connectivity index (χ0n) is 58.6. The number of unbranched alkanes of at least 4 members (excludes halogenated alkanes) is 5. The molecular formula is C79H79Cl2N15O7. The number of nitrogens with zero attached hydrogens (tertiary/aromatic N) is 15. The first-order valence-electron chi connectivity index (χ1n) is 33.8. The number of fused-ring (bicyclic) bond motifs is 5. The van der Waals surface area contributed by atoms with E-state index < -0.39 is 0 Å². The number of carbonyl (C=O) groups excluding carboxylic acids is 1. The van der Waals surface area contributed by atoms with Crippen molar-refractivity contribution in [1.82, 2.24) is 75.0 Å². The average Bonchev–Trinajstić information content (AvgIpc) is 1.70. The molecule has 5 heterocycles. The van der Waals surface area contributed by atoms with Crippen molar-refractivity contribution < 1.29 is 35.1 Å². The van der Waals surface area contributed by atoms with Crippen LogP contribution in [-0.2, 0) is 16.0 Å². The summed E-state index contributed by atoms with van der Waals surface area (Å²) in [5.74, 6) is 0.731. The highest BCUT2D eigenvalue weighted by Gasteiger charge is 2.18. The fraction of sp³-hybridized carbons (Fsp3) is 0.228. The average molecular weight is 1420 g/mol. The second-order valence-corrected chi connectivity index (χ2v) is 26.2. The molecule has 5 N–H and O–H groups in total. The van der Waals surface area contributed by atoms with Gasteiger partial charge in [-0.25, -0.2) is 0 Å². The van der Waals surface area contributed by atoms with Gasteiger partial charge in [0.05, 0.1) is 6.61 Å². The maximum absolute atomic E-state index is 12.1. The van der Waals surface area contributed by atoms with Crippen LogP contribution < -0.4 is 0 Å². The normalized spacial score (nSPS) is 11.1. The van der Waals surface area contributed by atoms with Crippen LogP contribution in [0.5, 0.6) is 28.7 Å². The Balaban J connectivity index is 0.000000132. The standard InChI is InChI=1S/C24H30ClN3O3.C14H12ClN3O.2C14H13N3O.C13H11N3O/c1-3-4-5-6-7-8-13-31-23(29)12-9-18-14-17(2)24(30)22(15-18)28-26-20-11-10-19(25)16-21(20)27-28;1-8-5-9(2)14(19)13(6-8)18-16-11-4-3-10(15)7-12(11)17-18;2*1-9-7-10(2)14(18)13(8-9)17-15-11-5-3-4-6-12(11)16-17;1-9-6-7-13(17)12(8-9)16-14-10-4-2-3-5-11(10)15-16/h10-11,14-16,30H,3-9,12-13H2,1-2H3;3-7,19H,1-2H3;2*3-8,18H,1-2H3;2-8,17H,1H3. The SMILES string of the molecule is CCCCCCCCOC(=O)CCc1cc(C)c(O)c(-n2nc3ccc(Cl)cc3n2)c1.Cc1cc(C)c(O)c(-n2nc3ccc(Cl)cc3n2)c1.Cc1cc(C)c(O)c(-n2nc3ccccc3n2)c1.Cc1cc(C)c(O)c(-n2nc3ccccc3n2)c1.Cc1ccc(O)c(-n2nc3ccccc3n2)c1. The first-order chi connectivity index (χ1) is 49.5. The molecule has 526 valence electrons. The zero-order valence-corrected chi connectivity index (χ0v) is 60.1. The molecule has 0 fully saturated rings. The van der Waals surface area contributed by atoms with Crippen LogP contribution in [0, 0.1) is 55.4 Å². The lowest BCUT2D eigenvalue weighted by atomic mass is 10.0. The summed E-state index contributed by atoms with van der Waals surface area (Å²) in [5.41, 5.74) is 18.8. The van der Waals surface area contributed by atoms with E-state index in [4.69, 9.17) is 27.9 Å². The van der Waals surface area contributed by atoms with Gasteiger partial charge in [-0.05, 0) is 227 Å². The summed E-state index contributed by atoms with van der Waals surface area (Å²) < 4.78 is 5.36. The molecule has 10 aromatic carbocycles. The van der Waals surface area contributed by atoms with Crippen LogP contribution in [-0.4, -0.2) is 113 Å². The van der Waals surface area contributed by atoms with Crippen molar-refractivity contribution in [2.75, 3.05) is 6.61 Å². The van der Waals surface area contributed by atoms with Gasteiger partial charge in [0.1, 0.15) is 112 Å². The number of phenolic OH excluding ortho intramolecular Hbond substituents is 5. The number of aromatic hydroxyl groups is 5. The van der Waals surface area contributed by atoms with Gasteiger partial charge in [-0.3, -0.25) is 4.79 Å². The summed E-state index contributed by atoms with van der Waals surface area (Å²) in [7, 11) is 0. The van der Waals surface area contributed by atoms with Crippen molar-refractivity contribution in [2.24, 2.45) is 0 Å². The Morgan fingerprint density at radius 1 is 0.350 bits per heavy atom. The number of hydrogen-bond donors (Lipinski definition) is 5. The molecule has 0 saturated carbocycles. The molecule has 103 heavy (non-hydrogen) atoms. The summed E-state index contributed by atoms with van der Waals surface area (Å²) in [6.07, 6.45) is 7.79. The Kier molecular flexibility index (Phi) is 23.0. The quantitative estimate of drug-likeness (QED) is 0.0471. The van der Waals surface area contributed by atoms with Crippen molar-refractivity contribution in [2.45, 2.75) is 114 Å². The van der Waals surface area contributed by atoms with E-state index in [1.165, 1.54) is 49.7 Å². The Morgan fingerprint density at radius 2 is 0.670 bits per heavy atom. The fourth-order valence-electron chi connectivity index (χ4n) is 11.5. The van der Waals surface area contributed by atoms with Crippen LogP contribution in [0.1, 0.15) is 102 Å². The van der Waals surface area contributed by atoms with Gasteiger partial charge in [0, 0.05) is 16.5 Å². The van der Waals surface area contributed by atoms with Gasteiger partial charge < -0.3 is 30.3 Å². The van der Waals surface area contributed by atoms with Crippen LogP contribution >= 0.6 is 23.2 Å². The van der Waals surface area contributed by atoms with E-state index in [0.717, 1.165) is 96.0 Å². The third kappa shape index (κ3) is 17.9. The lowest BCUT2D eigenvalue weighted by Gasteiger charge is -2.10. The smallest absolute Gasteiger partial charge is 0.306 e. The monoisotopic (exact) mass is 1420 g/mol. The number of halogens is 2. The molecule has 0 amide bonds. The predicted octanol–water partition coefficient (Wildman–Crippen LogP) is 17.2. The van der Waals surface area contributed by atoms with Gasteiger partial charge in [-0.15, -0.1) is 75.0 Å². The third-order valence-electron chi connectivity index (χ3n) is 16.7. The molecule has 0 bridgehead atoms. The van der Waals surface area contributed by atoms with Crippen LogP contribution in [0.4, 0.5) is 0 Å². The fourth-order valence-corrected chi connectivity index (χ4v) is 11.8. The van der Waals surface area contributed by atoms with Gasteiger partial charge >= 0.3 is 5.97 Å². The molecule has 0 radical (unpaired) electrons. The van der Waals surface area contributed by atoms with Gasteiger partial charge in [0.15, 0.2) is 0 Å². The van der Waals surface area contributed by atoms with Crippen molar-refractivity contribution in [3.05, 3.63) is 236 Å². The number of aromatic nitrogens is 15. The summed E-state index contributed by atoms with van der Waals surface area (Å²) in [4.78, 5) is 19.4. The minimum atomic E-state index is -0.196. The number of benzene rings is 10. The number of rotatable bonds is 15. The highest BCUT2D eigenvalue weighted by atomic mass is 35.5. The summed E-state index contributed by atoms with van der Waals surface area (Å²) in [6.45, 7) is 18.0. The molecule has 22 nitrogen and oxygen atoms in total. The first-order valence-corrected chi connectivity index (χ1v) is 34.5. The number of aryl methyl sites for hydroxylation is 9. The number of phenols is 5. The van der Waals surface area contributed by atoms with Gasteiger partial charge in [-0.1, -0.05) is 129 Å². The zero-order chi connectivity index (χ0) is 73.0. The van der Waals surface area contributed by atoms with Crippen LogP contribution in [0.25, 0.3) is 83.6 Å². The number of ether oxygens (including phenoxy) is 1. The molecule has 0 unspecified atom stereocenters. The Labute approximate surface area is 604 Å². The summed E-state index contributed by atoms with van der Waals surface area (Å²) in [6, 6.07) is 53.9. The summed E-state index contributed by atoms with van der Waals surface area (Å²) in [5, 5.41) is 95.6. The van der Waals surface area contributed by atoms with E-state index in [0.29, 0.717) is 80.0 Å². The van der Waals surface area contributed by atoms with Crippen LogP contribution in [0.3, 0.4) is 0 Å². The van der Waals surface area contributed by atoms with Gasteiger partial charge in [-0.2, -0.15) is 0 Å². The molecule has 0 saturated heterocycles. The number of esters is 1. The molecular weight excluding hydrogens is 1340 g/mol. The van der Waals surface area contributed by atoms with Crippen molar-refractivity contribution in [3.63, 3.8) is 0 Å². The van der Waals surface area contributed by atoms with Crippen molar-refractivity contribution >= 4 is 84.3 Å². The van der Waals surface area contributed by atoms with E-state index >= 15 is 0 Å². The molecule has 15 aromatic rings. The van der Waals surface area contributed by atoms with Gasteiger partial charge in [0.2, 0.25) is 0 Å². The number of hydrogen-bond acceptors (Lipinski definition) is 17. The van der Waals surface area contributed by atoms with E-state index in [1.807, 2.05) is 189 Å². The Morgan fingerprint density at radius 3 is 1.06 bits per heavy atom. The van der Waals surface area contributed by atoms with E-state index in [1.54, 1.807) is 42.5 Å². The minimum absolute atomic E-state index is 0.112. The lowest BCUT2D eigenvalue weighted by Crippen LogP contribution is -2.08. The highest BCUT2D eigenvalue weighted by molar-refractivity contribution is 6.31. The van der Waals surface area contributed by atoms with Crippen molar-refractivity contribution in [3.8, 4) is 57.2 Å². The molecule has 0 spiro atoms. The lowest BCUT2D eigenvalue weighted by molar-refractivity contribution is -0.143. The molecule has 0 aliphatic carbocycles. The minimum Gasteiger partial charge on any atom is -0.506 e. The summed E-state index contributed by atoms with van der Waals surface area (Å²) >= 11 is 12.0. The molecule has 5 aromatic heterocycles. The molecule has 0 aliphatic rings. The van der Waals surface area contributed by atoms with E-state index in [-0.39, 0.29) is 34.7 Å². The maximum Gasteiger partial charge on any atom is 0.306 e. The van der Waals surface area contributed by atoms with Crippen LogP contribution in [0.15, 0.2) is 176 Å². The molecule has 0 aliphatic heterocycles. The highest BCUT2D eigenvalue weighted by Crippen LogP contribution is 2.33. The molecule has 24 heteroatoms. The first kappa shape index (κ1) is 72.5. The number of carbonyl (C=O) groups is 1. The maximum atomic E-state index is 12.1. The third-order valence-corrected chi connectivity index (χ3v) is 17.2. The Bertz CT molecular complexity index is 5300. The predicted molar refractivity (Wildman–Crippen MR) is 403 cm³/mol. The molecule has 0 atom stereocenters. The van der Waals surface area contributed by atoms with Crippen molar-refractivity contribution in [1.29, 1.82) is 0 Å².